The van der Waals surface area contributed by atoms with Gasteiger partial charge in [0, 0.05) is 16.1 Å². The van der Waals surface area contributed by atoms with E-state index in [0.29, 0.717) is 27.0 Å². The van der Waals surface area contributed by atoms with Crippen molar-refractivity contribution in [1.29, 1.82) is 0 Å². The van der Waals surface area contributed by atoms with Crippen LogP contribution in [0.5, 0.6) is 0 Å². The number of aromatic amines is 1. The molecule has 0 aromatic carbocycles. The highest BCUT2D eigenvalue weighted by molar-refractivity contribution is 8.00. The lowest BCUT2D eigenvalue weighted by atomic mass is 10.1. The minimum Gasteiger partial charge on any atom is -0.462 e. The fraction of sp³-hybridized carbons (Fsp3) is 0.524. The molecule has 1 atom stereocenters. The summed E-state index contributed by atoms with van der Waals surface area (Å²) in [6.07, 6.45) is 5.00. The van der Waals surface area contributed by atoms with Gasteiger partial charge in [-0.2, -0.15) is 0 Å². The van der Waals surface area contributed by atoms with Gasteiger partial charge in [0.1, 0.15) is 5.00 Å². The highest BCUT2D eigenvalue weighted by Gasteiger charge is 2.28. The highest BCUT2D eigenvalue weighted by atomic mass is 32.2. The number of H-pyrrole nitrogens is 1. The molecule has 2 aromatic rings. The van der Waals surface area contributed by atoms with E-state index >= 15 is 0 Å². The van der Waals surface area contributed by atoms with E-state index in [2.05, 4.69) is 15.3 Å². The zero-order chi connectivity index (χ0) is 21.8. The Labute approximate surface area is 184 Å². The number of hydrogen-bond donors (Lipinski definition) is 2. The number of carbonyl (C=O) groups is 2. The van der Waals surface area contributed by atoms with Crippen molar-refractivity contribution in [3.63, 3.8) is 0 Å². The second kappa shape index (κ2) is 9.78. The van der Waals surface area contributed by atoms with Crippen molar-refractivity contribution in [2.45, 2.75) is 70.2 Å². The average molecular weight is 450 g/mol. The van der Waals surface area contributed by atoms with Crippen molar-refractivity contribution < 1.29 is 14.3 Å². The predicted octanol–water partition coefficient (Wildman–Crippen LogP) is 4.01. The van der Waals surface area contributed by atoms with E-state index in [0.717, 1.165) is 42.5 Å². The third-order valence-electron chi connectivity index (χ3n) is 5.17. The number of aryl methyl sites for hydroxylation is 2. The molecule has 0 fully saturated rings. The molecule has 0 saturated carbocycles. The standard InChI is InChI=1S/C21H27N3O4S2/c1-5-28-20(27)16-14-9-7-6-8-10-15(14)30-19(16)23-18(26)13(4)29-21-22-12(3)11(2)17(25)24-21/h13H,5-10H2,1-4H3,(H,23,26)(H,22,24,25). The summed E-state index contributed by atoms with van der Waals surface area (Å²) in [5.74, 6) is -0.629. The zero-order valence-corrected chi connectivity index (χ0v) is 19.3. The molecule has 2 N–H and O–H groups in total. The minimum absolute atomic E-state index is 0.204. The highest BCUT2D eigenvalue weighted by Crippen LogP contribution is 2.38. The van der Waals surface area contributed by atoms with E-state index in [1.165, 1.54) is 23.1 Å². The first kappa shape index (κ1) is 22.6. The van der Waals surface area contributed by atoms with Crippen molar-refractivity contribution in [3.8, 4) is 0 Å². The van der Waals surface area contributed by atoms with Crippen molar-refractivity contribution in [2.24, 2.45) is 0 Å². The number of rotatable bonds is 6. The first-order valence-corrected chi connectivity index (χ1v) is 11.9. The van der Waals surface area contributed by atoms with Gasteiger partial charge in [0.2, 0.25) is 5.91 Å². The molecule has 30 heavy (non-hydrogen) atoms. The first-order chi connectivity index (χ1) is 14.3. The summed E-state index contributed by atoms with van der Waals surface area (Å²) in [6.45, 7) is 7.29. The number of fused-ring (bicyclic) bond motifs is 1. The lowest BCUT2D eigenvalue weighted by Gasteiger charge is -2.13. The van der Waals surface area contributed by atoms with Gasteiger partial charge in [-0.1, -0.05) is 18.2 Å². The molecule has 0 aliphatic heterocycles. The molecule has 1 aliphatic rings. The Balaban J connectivity index is 1.81. The topological polar surface area (TPSA) is 101 Å². The molecule has 0 spiro atoms. The van der Waals surface area contributed by atoms with Gasteiger partial charge in [-0.3, -0.25) is 9.59 Å². The molecule has 1 aliphatic carbocycles. The Morgan fingerprint density at radius 2 is 2.00 bits per heavy atom. The number of carbonyl (C=O) groups excluding carboxylic acids is 2. The summed E-state index contributed by atoms with van der Waals surface area (Å²) < 4.78 is 5.27. The Morgan fingerprint density at radius 1 is 1.27 bits per heavy atom. The van der Waals surface area contributed by atoms with Gasteiger partial charge < -0.3 is 15.0 Å². The molecule has 3 rings (SSSR count). The molecule has 1 unspecified atom stereocenters. The van der Waals surface area contributed by atoms with Crippen LogP contribution in [0.2, 0.25) is 0 Å². The van der Waals surface area contributed by atoms with Gasteiger partial charge in [-0.05, 0) is 58.9 Å². The number of ether oxygens (including phenoxy) is 1. The second-order valence-electron chi connectivity index (χ2n) is 7.32. The quantitative estimate of drug-likeness (QED) is 0.299. The summed E-state index contributed by atoms with van der Waals surface area (Å²) in [6, 6.07) is 0. The summed E-state index contributed by atoms with van der Waals surface area (Å²) in [5, 5.41) is 3.38. The molecule has 0 radical (unpaired) electrons. The van der Waals surface area contributed by atoms with Crippen LogP contribution in [0.1, 0.15) is 65.2 Å². The molecule has 0 bridgehead atoms. The van der Waals surface area contributed by atoms with Gasteiger partial charge >= 0.3 is 5.97 Å². The molecule has 2 heterocycles. The number of nitrogens with zero attached hydrogens (tertiary/aromatic N) is 1. The van der Waals surface area contributed by atoms with E-state index in [1.54, 1.807) is 27.7 Å². The molecule has 7 nitrogen and oxygen atoms in total. The number of thiophene rings is 1. The molecule has 1 amide bonds. The number of aromatic nitrogens is 2. The smallest absolute Gasteiger partial charge is 0.341 e. The normalized spacial score (nSPS) is 14.5. The number of hydrogen-bond acceptors (Lipinski definition) is 7. The number of thioether (sulfide) groups is 1. The fourth-order valence-electron chi connectivity index (χ4n) is 3.36. The van der Waals surface area contributed by atoms with E-state index < -0.39 is 5.25 Å². The van der Waals surface area contributed by atoms with E-state index in [4.69, 9.17) is 4.74 Å². The maximum Gasteiger partial charge on any atom is 0.341 e. The molecular weight excluding hydrogens is 422 g/mol. The summed E-state index contributed by atoms with van der Waals surface area (Å²) in [7, 11) is 0. The minimum atomic E-state index is -0.507. The fourth-order valence-corrected chi connectivity index (χ4v) is 5.48. The summed E-state index contributed by atoms with van der Waals surface area (Å²) >= 11 is 2.65. The van der Waals surface area contributed by atoms with Crippen molar-refractivity contribution >= 4 is 40.0 Å². The lowest BCUT2D eigenvalue weighted by Crippen LogP contribution is -2.24. The number of amides is 1. The second-order valence-corrected chi connectivity index (χ2v) is 9.75. The maximum absolute atomic E-state index is 12.9. The van der Waals surface area contributed by atoms with Crippen LogP contribution in [-0.2, 0) is 22.4 Å². The van der Waals surface area contributed by atoms with Crippen molar-refractivity contribution in [1.82, 2.24) is 9.97 Å². The Hall–Kier alpha value is -2.13. The zero-order valence-electron chi connectivity index (χ0n) is 17.7. The average Bonchev–Trinajstić information content (AvgIpc) is 2.86. The number of nitrogens with one attached hydrogen (secondary N) is 2. The largest absolute Gasteiger partial charge is 0.462 e. The van der Waals surface area contributed by atoms with Crippen LogP contribution in [0.4, 0.5) is 5.00 Å². The van der Waals surface area contributed by atoms with Crippen LogP contribution >= 0.6 is 23.1 Å². The molecule has 2 aromatic heterocycles. The van der Waals surface area contributed by atoms with Gasteiger partial charge in [-0.15, -0.1) is 11.3 Å². The predicted molar refractivity (Wildman–Crippen MR) is 120 cm³/mol. The third-order valence-corrected chi connectivity index (χ3v) is 7.36. The van der Waals surface area contributed by atoms with Gasteiger partial charge in [0.05, 0.1) is 17.4 Å². The Bertz CT molecular complexity index is 1010. The first-order valence-electron chi connectivity index (χ1n) is 10.2. The summed E-state index contributed by atoms with van der Waals surface area (Å²) in [4.78, 5) is 45.7. The van der Waals surface area contributed by atoms with Gasteiger partial charge in [-0.25, -0.2) is 9.78 Å². The maximum atomic E-state index is 12.9. The number of esters is 1. The van der Waals surface area contributed by atoms with Crippen LogP contribution < -0.4 is 10.9 Å². The molecule has 9 heteroatoms. The molecule has 162 valence electrons. The third kappa shape index (κ3) is 4.95. The van der Waals surface area contributed by atoms with Gasteiger partial charge in [0.15, 0.2) is 5.16 Å². The number of anilines is 1. The van der Waals surface area contributed by atoms with Crippen LogP contribution in [0, 0.1) is 13.8 Å². The Kier molecular flexibility index (Phi) is 7.36. The molecular formula is C21H27N3O4S2. The van der Waals surface area contributed by atoms with E-state index in [-0.39, 0.29) is 24.0 Å². The van der Waals surface area contributed by atoms with Crippen molar-refractivity contribution in [3.05, 3.63) is 37.6 Å². The van der Waals surface area contributed by atoms with E-state index in [1.807, 2.05) is 0 Å². The van der Waals surface area contributed by atoms with Crippen LogP contribution in [0.15, 0.2) is 9.95 Å². The van der Waals surface area contributed by atoms with Crippen molar-refractivity contribution in [2.75, 3.05) is 11.9 Å². The summed E-state index contributed by atoms with van der Waals surface area (Å²) in [5.41, 5.74) is 2.52. The molecule has 0 saturated heterocycles. The van der Waals surface area contributed by atoms with Crippen LogP contribution in [0.3, 0.4) is 0 Å². The SMILES string of the molecule is CCOC(=O)c1c(NC(=O)C(C)Sc2nc(C)c(C)c(=O)[nH]2)sc2c1CCCCC2. The van der Waals surface area contributed by atoms with E-state index in [9.17, 15) is 14.4 Å². The van der Waals surface area contributed by atoms with Gasteiger partial charge in [0.25, 0.3) is 5.56 Å². The monoisotopic (exact) mass is 449 g/mol. The Morgan fingerprint density at radius 3 is 2.70 bits per heavy atom. The van der Waals surface area contributed by atoms with Crippen LogP contribution in [-0.4, -0.2) is 33.7 Å². The van der Waals surface area contributed by atoms with Crippen LogP contribution in [0.25, 0.3) is 0 Å². The lowest BCUT2D eigenvalue weighted by molar-refractivity contribution is -0.115.